The average molecular weight is 567 g/mol. The van der Waals surface area contributed by atoms with Gasteiger partial charge >= 0.3 is 0 Å². The molecule has 0 aliphatic rings. The first kappa shape index (κ1) is 38.9. The normalized spacial score (nSPS) is 12.0. The minimum atomic E-state index is -0.398. The Kier molecular flexibility index (Phi) is 31.5. The Morgan fingerprint density at radius 3 is 1.10 bits per heavy atom. The van der Waals surface area contributed by atoms with Crippen molar-refractivity contribution in [3.63, 3.8) is 0 Å². The quantitative estimate of drug-likeness (QED) is 0.0709. The van der Waals surface area contributed by atoms with E-state index in [0.29, 0.717) is 19.4 Å². The lowest BCUT2D eigenvalue weighted by atomic mass is 10.0. The molecule has 0 aromatic rings. The molecule has 1 unspecified atom stereocenters. The second-order valence-electron chi connectivity index (χ2n) is 12.2. The molecule has 0 heterocycles. The molecule has 0 saturated carbocycles. The maximum atomic E-state index is 12.2. The standard InChI is InChI=1S/C35H70N2O3/c1-3-5-7-9-11-13-15-17-19-21-23-25-27-29-34(39)36-31-33(32-38)37-35(40)30-28-26-24-22-20-18-16-14-12-10-8-6-4-2/h33,38H,3-32H2,1-2H3,(H,36,39)(H,37,40). The van der Waals surface area contributed by atoms with Crippen molar-refractivity contribution in [2.45, 2.75) is 200 Å². The van der Waals surface area contributed by atoms with Gasteiger partial charge < -0.3 is 15.7 Å². The van der Waals surface area contributed by atoms with E-state index in [1.54, 1.807) is 0 Å². The minimum Gasteiger partial charge on any atom is -0.394 e. The lowest BCUT2D eigenvalue weighted by molar-refractivity contribution is -0.124. The number of carbonyl (C=O) groups excluding carboxylic acids is 2. The van der Waals surface area contributed by atoms with Crippen molar-refractivity contribution >= 4 is 11.8 Å². The maximum Gasteiger partial charge on any atom is 0.220 e. The van der Waals surface area contributed by atoms with Gasteiger partial charge in [-0.3, -0.25) is 9.59 Å². The van der Waals surface area contributed by atoms with Gasteiger partial charge in [-0.05, 0) is 12.8 Å². The smallest absolute Gasteiger partial charge is 0.220 e. The van der Waals surface area contributed by atoms with Crippen molar-refractivity contribution in [3.8, 4) is 0 Å². The highest BCUT2D eigenvalue weighted by Crippen LogP contribution is 2.14. The van der Waals surface area contributed by atoms with Crippen molar-refractivity contribution in [2.75, 3.05) is 13.2 Å². The van der Waals surface area contributed by atoms with Crippen LogP contribution in [0.2, 0.25) is 0 Å². The minimum absolute atomic E-state index is 0.0205. The van der Waals surface area contributed by atoms with Gasteiger partial charge in [-0.1, -0.05) is 168 Å². The molecule has 5 heteroatoms. The van der Waals surface area contributed by atoms with Gasteiger partial charge in [0, 0.05) is 19.4 Å². The fourth-order valence-corrected chi connectivity index (χ4v) is 5.39. The first-order valence-corrected chi connectivity index (χ1v) is 17.8. The maximum absolute atomic E-state index is 12.2. The number of rotatable bonds is 32. The summed E-state index contributed by atoms with van der Waals surface area (Å²) in [6.07, 6.45) is 34.6. The molecular weight excluding hydrogens is 496 g/mol. The molecule has 0 radical (unpaired) electrons. The van der Waals surface area contributed by atoms with Crippen molar-refractivity contribution < 1.29 is 14.7 Å². The van der Waals surface area contributed by atoms with E-state index < -0.39 is 6.04 Å². The Morgan fingerprint density at radius 1 is 0.475 bits per heavy atom. The Morgan fingerprint density at radius 2 is 0.775 bits per heavy atom. The van der Waals surface area contributed by atoms with E-state index in [1.165, 1.54) is 141 Å². The molecule has 0 spiro atoms. The molecule has 2 amide bonds. The number of unbranched alkanes of at least 4 members (excludes halogenated alkanes) is 24. The van der Waals surface area contributed by atoms with Crippen molar-refractivity contribution in [1.29, 1.82) is 0 Å². The SMILES string of the molecule is CCCCCCCCCCCCCCCC(=O)NCC(CO)NC(=O)CCCCCCCCCCCCCCC. The lowest BCUT2D eigenvalue weighted by Gasteiger charge is -2.17. The highest BCUT2D eigenvalue weighted by Gasteiger charge is 2.12. The van der Waals surface area contributed by atoms with Crippen LogP contribution in [-0.2, 0) is 9.59 Å². The summed E-state index contributed by atoms with van der Waals surface area (Å²) in [5.41, 5.74) is 0. The molecular formula is C35H70N2O3. The number of hydrogen-bond acceptors (Lipinski definition) is 3. The zero-order valence-electron chi connectivity index (χ0n) is 27.1. The number of hydrogen-bond donors (Lipinski definition) is 3. The largest absolute Gasteiger partial charge is 0.394 e. The van der Waals surface area contributed by atoms with E-state index in [0.717, 1.165) is 25.7 Å². The van der Waals surface area contributed by atoms with E-state index >= 15 is 0 Å². The van der Waals surface area contributed by atoms with Crippen LogP contribution in [-0.4, -0.2) is 36.1 Å². The van der Waals surface area contributed by atoms with Crippen LogP contribution in [0, 0.1) is 0 Å². The van der Waals surface area contributed by atoms with Crippen molar-refractivity contribution in [3.05, 3.63) is 0 Å². The molecule has 238 valence electrons. The zero-order chi connectivity index (χ0) is 29.4. The number of nitrogens with one attached hydrogen (secondary N) is 2. The van der Waals surface area contributed by atoms with Crippen LogP contribution in [0.3, 0.4) is 0 Å². The second-order valence-corrected chi connectivity index (χ2v) is 12.2. The second kappa shape index (κ2) is 32.4. The Hall–Kier alpha value is -1.10. The van der Waals surface area contributed by atoms with Gasteiger partial charge in [-0.25, -0.2) is 0 Å². The summed E-state index contributed by atoms with van der Waals surface area (Å²) in [4.78, 5) is 24.4. The van der Waals surface area contributed by atoms with E-state index in [4.69, 9.17) is 0 Å². The van der Waals surface area contributed by atoms with Crippen molar-refractivity contribution in [1.82, 2.24) is 10.6 Å². The molecule has 0 saturated heterocycles. The van der Waals surface area contributed by atoms with Crippen LogP contribution < -0.4 is 10.6 Å². The molecule has 0 fully saturated rings. The third-order valence-corrected chi connectivity index (χ3v) is 8.15. The third-order valence-electron chi connectivity index (χ3n) is 8.15. The molecule has 0 aromatic carbocycles. The molecule has 0 bridgehead atoms. The number of carbonyl (C=O) groups is 2. The fraction of sp³-hybridized carbons (Fsp3) is 0.943. The Bertz CT molecular complexity index is 541. The summed E-state index contributed by atoms with van der Waals surface area (Å²) >= 11 is 0. The molecule has 0 rings (SSSR count). The summed E-state index contributed by atoms with van der Waals surface area (Å²) in [6.45, 7) is 4.69. The van der Waals surface area contributed by atoms with Crippen LogP contribution in [0.1, 0.15) is 194 Å². The van der Waals surface area contributed by atoms with Gasteiger partial charge in [-0.2, -0.15) is 0 Å². The van der Waals surface area contributed by atoms with E-state index in [2.05, 4.69) is 24.5 Å². The third kappa shape index (κ3) is 29.9. The van der Waals surface area contributed by atoms with Gasteiger partial charge in [0.1, 0.15) is 0 Å². The van der Waals surface area contributed by atoms with Gasteiger partial charge in [0.2, 0.25) is 11.8 Å². The monoisotopic (exact) mass is 567 g/mol. The highest BCUT2D eigenvalue weighted by molar-refractivity contribution is 5.77. The molecule has 0 aliphatic carbocycles. The van der Waals surface area contributed by atoms with Crippen LogP contribution in [0.25, 0.3) is 0 Å². The molecule has 5 nitrogen and oxygen atoms in total. The van der Waals surface area contributed by atoms with Crippen LogP contribution in [0.4, 0.5) is 0 Å². The van der Waals surface area contributed by atoms with Gasteiger partial charge in [0.15, 0.2) is 0 Å². The van der Waals surface area contributed by atoms with Gasteiger partial charge in [0.25, 0.3) is 0 Å². The topological polar surface area (TPSA) is 78.4 Å². The molecule has 0 aliphatic heterocycles. The van der Waals surface area contributed by atoms with Crippen LogP contribution in [0.5, 0.6) is 0 Å². The van der Waals surface area contributed by atoms with Crippen LogP contribution >= 0.6 is 0 Å². The summed E-state index contributed by atoms with van der Waals surface area (Å²) in [5, 5.41) is 15.4. The Balaban J connectivity index is 3.53. The molecule has 3 N–H and O–H groups in total. The van der Waals surface area contributed by atoms with E-state index in [-0.39, 0.29) is 18.4 Å². The van der Waals surface area contributed by atoms with Crippen LogP contribution in [0.15, 0.2) is 0 Å². The number of aliphatic hydroxyl groups excluding tert-OH is 1. The summed E-state index contributed by atoms with van der Waals surface area (Å²) in [6, 6.07) is -0.398. The molecule has 0 aromatic heterocycles. The van der Waals surface area contributed by atoms with Gasteiger partial charge in [-0.15, -0.1) is 0 Å². The zero-order valence-corrected chi connectivity index (χ0v) is 27.1. The lowest BCUT2D eigenvalue weighted by Crippen LogP contribution is -2.45. The first-order chi connectivity index (χ1) is 19.6. The fourth-order valence-electron chi connectivity index (χ4n) is 5.39. The summed E-state index contributed by atoms with van der Waals surface area (Å²) < 4.78 is 0. The predicted octanol–water partition coefficient (Wildman–Crippen LogP) is 9.54. The van der Waals surface area contributed by atoms with Crippen molar-refractivity contribution in [2.24, 2.45) is 0 Å². The Labute approximate surface area is 249 Å². The molecule has 40 heavy (non-hydrogen) atoms. The van der Waals surface area contributed by atoms with E-state index in [9.17, 15) is 14.7 Å². The number of aliphatic hydroxyl groups is 1. The average Bonchev–Trinajstić information content (AvgIpc) is 2.96. The van der Waals surface area contributed by atoms with E-state index in [1.807, 2.05) is 0 Å². The highest BCUT2D eigenvalue weighted by atomic mass is 16.3. The first-order valence-electron chi connectivity index (χ1n) is 17.8. The summed E-state index contributed by atoms with van der Waals surface area (Å²) in [5.74, 6) is 0.000120. The predicted molar refractivity (Wildman–Crippen MR) is 173 cm³/mol. The molecule has 1 atom stereocenters. The summed E-state index contributed by atoms with van der Waals surface area (Å²) in [7, 11) is 0. The van der Waals surface area contributed by atoms with Gasteiger partial charge in [0.05, 0.1) is 12.6 Å². The number of amides is 2.